The van der Waals surface area contributed by atoms with Gasteiger partial charge >= 0.3 is 0 Å². The van der Waals surface area contributed by atoms with Crippen LogP contribution in [-0.4, -0.2) is 0 Å². The first-order valence-corrected chi connectivity index (χ1v) is 12.5. The maximum absolute atomic E-state index is 10.1. The quantitative estimate of drug-likeness (QED) is 0.240. The smallest absolute Gasteiger partial charge is 0.216 e. The van der Waals surface area contributed by atoms with Gasteiger partial charge in [-0.25, -0.2) is 4.57 Å². The fourth-order valence-electron chi connectivity index (χ4n) is 5.47. The van der Waals surface area contributed by atoms with Crippen molar-refractivity contribution < 1.29 is 8.98 Å². The Morgan fingerprint density at radius 3 is 2.14 bits per heavy atom. The molecule has 0 spiro atoms. The molecular formula is C34H27N2O+. The number of hydrogen-bond donors (Lipinski definition) is 0. The molecule has 0 unspecified atom stereocenters. The van der Waals surface area contributed by atoms with Crippen molar-refractivity contribution in [2.24, 2.45) is 7.05 Å². The van der Waals surface area contributed by atoms with E-state index in [1.165, 1.54) is 16.7 Å². The summed E-state index contributed by atoms with van der Waals surface area (Å²) in [6.45, 7) is 6.36. The predicted molar refractivity (Wildman–Crippen MR) is 150 cm³/mol. The minimum Gasteiger partial charge on any atom is -0.454 e. The van der Waals surface area contributed by atoms with Crippen LogP contribution in [0, 0.1) is 32.1 Å². The van der Waals surface area contributed by atoms with Gasteiger partial charge in [-0.15, -0.1) is 0 Å². The number of aryl methyl sites for hydroxylation is 4. The largest absolute Gasteiger partial charge is 0.454 e. The van der Waals surface area contributed by atoms with Gasteiger partial charge in [-0.3, -0.25) is 0 Å². The average molecular weight is 480 g/mol. The number of aromatic nitrogens is 1. The summed E-state index contributed by atoms with van der Waals surface area (Å²) >= 11 is 0. The maximum Gasteiger partial charge on any atom is 0.216 e. The lowest BCUT2D eigenvalue weighted by molar-refractivity contribution is -0.660. The molecule has 37 heavy (non-hydrogen) atoms. The van der Waals surface area contributed by atoms with Gasteiger partial charge in [0.2, 0.25) is 5.69 Å². The molecule has 0 amide bonds. The van der Waals surface area contributed by atoms with Crippen LogP contribution in [0.4, 0.5) is 0 Å². The first kappa shape index (κ1) is 22.8. The molecule has 4 aromatic carbocycles. The van der Waals surface area contributed by atoms with Gasteiger partial charge in [0.05, 0.1) is 17.2 Å². The lowest BCUT2D eigenvalue weighted by atomic mass is 9.91. The Bertz CT molecular complexity index is 1890. The van der Waals surface area contributed by atoms with Gasteiger partial charge in [0, 0.05) is 28.5 Å². The van der Waals surface area contributed by atoms with Gasteiger partial charge in [0.25, 0.3) is 0 Å². The zero-order valence-electron chi connectivity index (χ0n) is 21.5. The Labute approximate surface area is 216 Å². The summed E-state index contributed by atoms with van der Waals surface area (Å²) in [4.78, 5) is 0. The Kier molecular flexibility index (Phi) is 5.39. The third-order valence-corrected chi connectivity index (χ3v) is 7.40. The molecule has 0 bridgehead atoms. The minimum atomic E-state index is 0.613. The van der Waals surface area contributed by atoms with E-state index in [2.05, 4.69) is 111 Å². The number of nitrogens with zero attached hydrogens (tertiary/aromatic N) is 2. The summed E-state index contributed by atoms with van der Waals surface area (Å²) in [5.41, 5.74) is 12.1. The molecule has 6 rings (SSSR count). The Morgan fingerprint density at radius 2 is 1.41 bits per heavy atom. The topological polar surface area (TPSA) is 40.8 Å². The van der Waals surface area contributed by atoms with Gasteiger partial charge < -0.3 is 4.42 Å². The number of fused-ring (bicyclic) bond motifs is 3. The highest BCUT2D eigenvalue weighted by Crippen LogP contribution is 2.43. The van der Waals surface area contributed by atoms with Crippen molar-refractivity contribution in [3.05, 3.63) is 113 Å². The first-order chi connectivity index (χ1) is 18.0. The zero-order chi connectivity index (χ0) is 25.7. The first-order valence-electron chi connectivity index (χ1n) is 12.5. The normalized spacial score (nSPS) is 11.2. The number of nitriles is 1. The van der Waals surface area contributed by atoms with Crippen molar-refractivity contribution in [2.75, 3.05) is 0 Å². The standard InChI is InChI=1S/C34H27N2O/c1-21-9-5-6-10-26(21)24-13-16-27(23(3)19-24)32-25(20-35)14-17-29-28-15-12-22(2)31(33(28)37-34(29)32)30-11-7-8-18-36(30)4/h5-19H,1-4H3/q+1. The summed E-state index contributed by atoms with van der Waals surface area (Å²) in [6, 6.07) is 31.7. The van der Waals surface area contributed by atoms with E-state index in [-0.39, 0.29) is 0 Å². The van der Waals surface area contributed by atoms with Gasteiger partial charge in [0.1, 0.15) is 18.2 Å². The van der Waals surface area contributed by atoms with Crippen LogP contribution in [0.1, 0.15) is 22.3 Å². The van der Waals surface area contributed by atoms with E-state index in [1.807, 2.05) is 18.2 Å². The SMILES string of the molecule is Cc1ccccc1-c1ccc(-c2c(C#N)ccc3c2oc2c(-c4cccc[n+]4C)c(C)ccc23)c(C)c1. The minimum absolute atomic E-state index is 0.613. The number of hydrogen-bond acceptors (Lipinski definition) is 2. The zero-order valence-corrected chi connectivity index (χ0v) is 21.5. The van der Waals surface area contributed by atoms with Crippen molar-refractivity contribution >= 4 is 21.9 Å². The van der Waals surface area contributed by atoms with Crippen LogP contribution in [0.5, 0.6) is 0 Å². The van der Waals surface area contributed by atoms with E-state index < -0.39 is 0 Å². The monoisotopic (exact) mass is 479 g/mol. The molecule has 0 saturated carbocycles. The molecule has 6 aromatic rings. The molecule has 0 N–H and O–H groups in total. The lowest BCUT2D eigenvalue weighted by Crippen LogP contribution is -2.30. The van der Waals surface area contributed by atoms with E-state index >= 15 is 0 Å². The fourth-order valence-corrected chi connectivity index (χ4v) is 5.47. The third kappa shape index (κ3) is 3.61. The predicted octanol–water partition coefficient (Wildman–Crippen LogP) is 8.21. The number of benzene rings is 4. The summed E-state index contributed by atoms with van der Waals surface area (Å²) in [6.07, 6.45) is 2.05. The number of furan rings is 1. The van der Waals surface area contributed by atoms with Crippen LogP contribution in [0.3, 0.4) is 0 Å². The molecule has 2 heterocycles. The molecular weight excluding hydrogens is 452 g/mol. The molecule has 0 atom stereocenters. The van der Waals surface area contributed by atoms with Crippen molar-refractivity contribution in [2.45, 2.75) is 20.8 Å². The Balaban J connectivity index is 1.64. The van der Waals surface area contributed by atoms with Crippen LogP contribution in [-0.2, 0) is 7.05 Å². The third-order valence-electron chi connectivity index (χ3n) is 7.40. The summed E-state index contributed by atoms with van der Waals surface area (Å²) < 4.78 is 8.84. The molecule has 178 valence electrons. The fraction of sp³-hybridized carbons (Fsp3) is 0.118. The lowest BCUT2D eigenvalue weighted by Gasteiger charge is -2.12. The van der Waals surface area contributed by atoms with E-state index in [1.54, 1.807) is 0 Å². The second kappa shape index (κ2) is 8.76. The molecule has 0 saturated heterocycles. The van der Waals surface area contributed by atoms with Crippen LogP contribution in [0.25, 0.3) is 55.4 Å². The molecule has 0 aliphatic heterocycles. The van der Waals surface area contributed by atoms with Crippen molar-refractivity contribution in [3.63, 3.8) is 0 Å². The van der Waals surface area contributed by atoms with Crippen LogP contribution < -0.4 is 4.57 Å². The maximum atomic E-state index is 10.1. The van der Waals surface area contributed by atoms with E-state index in [4.69, 9.17) is 4.42 Å². The highest BCUT2D eigenvalue weighted by Gasteiger charge is 2.23. The summed E-state index contributed by atoms with van der Waals surface area (Å²) in [5.74, 6) is 0. The van der Waals surface area contributed by atoms with E-state index in [0.29, 0.717) is 5.56 Å². The second-order valence-electron chi connectivity index (χ2n) is 9.75. The van der Waals surface area contributed by atoms with Gasteiger partial charge in [-0.05, 0) is 72.4 Å². The van der Waals surface area contributed by atoms with Gasteiger partial charge in [-0.2, -0.15) is 5.26 Å². The van der Waals surface area contributed by atoms with Gasteiger partial charge in [-0.1, -0.05) is 54.6 Å². The van der Waals surface area contributed by atoms with Crippen molar-refractivity contribution in [3.8, 4) is 39.6 Å². The second-order valence-corrected chi connectivity index (χ2v) is 9.75. The molecule has 2 aromatic heterocycles. The molecule has 0 aliphatic rings. The summed E-state index contributed by atoms with van der Waals surface area (Å²) in [5, 5.41) is 12.2. The molecule has 0 radical (unpaired) electrons. The molecule has 0 fully saturated rings. The Hall–Kier alpha value is -4.68. The molecule has 3 nitrogen and oxygen atoms in total. The van der Waals surface area contributed by atoms with Crippen LogP contribution in [0.15, 0.2) is 95.5 Å². The van der Waals surface area contributed by atoms with E-state index in [9.17, 15) is 5.26 Å². The Morgan fingerprint density at radius 1 is 0.676 bits per heavy atom. The van der Waals surface area contributed by atoms with Crippen LogP contribution in [0.2, 0.25) is 0 Å². The van der Waals surface area contributed by atoms with Crippen LogP contribution >= 0.6 is 0 Å². The number of rotatable bonds is 3. The van der Waals surface area contributed by atoms with Crippen molar-refractivity contribution in [1.82, 2.24) is 0 Å². The van der Waals surface area contributed by atoms with Gasteiger partial charge in [0.15, 0.2) is 6.20 Å². The molecule has 0 aliphatic carbocycles. The highest BCUT2D eigenvalue weighted by atomic mass is 16.3. The summed E-state index contributed by atoms with van der Waals surface area (Å²) in [7, 11) is 2.05. The molecule has 3 heteroatoms. The highest BCUT2D eigenvalue weighted by molar-refractivity contribution is 6.14. The number of pyridine rings is 1. The average Bonchev–Trinajstić information content (AvgIpc) is 3.28. The van der Waals surface area contributed by atoms with E-state index in [0.717, 1.165) is 55.4 Å². The van der Waals surface area contributed by atoms with Crippen molar-refractivity contribution in [1.29, 1.82) is 5.26 Å².